The summed E-state index contributed by atoms with van der Waals surface area (Å²) in [5.74, 6) is 0.627. The van der Waals surface area contributed by atoms with E-state index in [1.807, 2.05) is 44.2 Å². The number of benzene rings is 2. The standard InChI is InChI=1S/C23H25N3O/c1-15-4-9-22-18(12-15)13-21(17(3)24-22)23(27)25-19-5-7-20(8-6-19)26-11-10-16(2)14-26/h4-9,12-13,16H,10-11,14H2,1-3H3,(H,25,27). The van der Waals surface area contributed by atoms with Crippen LogP contribution < -0.4 is 10.2 Å². The minimum Gasteiger partial charge on any atom is -0.371 e. The first-order valence-electron chi connectivity index (χ1n) is 9.54. The SMILES string of the molecule is Cc1ccc2nc(C)c(C(=O)Nc3ccc(N4CCC(C)C4)cc3)cc2c1. The molecule has 0 saturated carbocycles. The summed E-state index contributed by atoms with van der Waals surface area (Å²) in [5, 5.41) is 4.00. The third kappa shape index (κ3) is 3.65. The Kier molecular flexibility index (Phi) is 4.56. The first kappa shape index (κ1) is 17.5. The molecule has 27 heavy (non-hydrogen) atoms. The normalized spacial score (nSPS) is 16.7. The molecule has 0 aliphatic carbocycles. The second kappa shape index (κ2) is 7.03. The Hall–Kier alpha value is -2.88. The molecule has 138 valence electrons. The molecule has 0 radical (unpaired) electrons. The average molecular weight is 359 g/mol. The Balaban J connectivity index is 1.53. The first-order valence-corrected chi connectivity index (χ1v) is 9.54. The van der Waals surface area contributed by atoms with E-state index in [0.717, 1.165) is 46.9 Å². The van der Waals surface area contributed by atoms with Crippen molar-refractivity contribution in [3.63, 3.8) is 0 Å². The quantitative estimate of drug-likeness (QED) is 0.720. The number of carbonyl (C=O) groups excluding carboxylic acids is 1. The molecule has 1 aliphatic rings. The lowest BCUT2D eigenvalue weighted by molar-refractivity contribution is 0.102. The number of aryl methyl sites for hydroxylation is 2. The smallest absolute Gasteiger partial charge is 0.257 e. The molecule has 2 aromatic carbocycles. The molecular weight excluding hydrogens is 334 g/mol. The maximum Gasteiger partial charge on any atom is 0.257 e. The summed E-state index contributed by atoms with van der Waals surface area (Å²) in [6, 6.07) is 16.2. The van der Waals surface area contributed by atoms with Gasteiger partial charge in [-0.3, -0.25) is 9.78 Å². The van der Waals surface area contributed by atoms with Crippen LogP contribution in [0.15, 0.2) is 48.5 Å². The number of nitrogens with one attached hydrogen (secondary N) is 1. The highest BCUT2D eigenvalue weighted by molar-refractivity contribution is 6.06. The first-order chi connectivity index (χ1) is 13.0. The van der Waals surface area contributed by atoms with E-state index >= 15 is 0 Å². The maximum atomic E-state index is 12.8. The highest BCUT2D eigenvalue weighted by Crippen LogP contribution is 2.25. The number of amides is 1. The van der Waals surface area contributed by atoms with E-state index in [-0.39, 0.29) is 5.91 Å². The third-order valence-electron chi connectivity index (χ3n) is 5.32. The van der Waals surface area contributed by atoms with Gasteiger partial charge in [0, 0.05) is 29.9 Å². The van der Waals surface area contributed by atoms with Crippen LogP contribution in [0.3, 0.4) is 0 Å². The number of hydrogen-bond donors (Lipinski definition) is 1. The van der Waals surface area contributed by atoms with Gasteiger partial charge in [-0.2, -0.15) is 0 Å². The Morgan fingerprint density at radius 2 is 1.89 bits per heavy atom. The van der Waals surface area contributed by atoms with Crippen molar-refractivity contribution in [3.8, 4) is 0 Å². The van der Waals surface area contributed by atoms with Gasteiger partial charge < -0.3 is 10.2 Å². The van der Waals surface area contributed by atoms with E-state index in [1.165, 1.54) is 12.1 Å². The van der Waals surface area contributed by atoms with Gasteiger partial charge in [0.25, 0.3) is 5.91 Å². The maximum absolute atomic E-state index is 12.8. The molecule has 4 nitrogen and oxygen atoms in total. The fourth-order valence-electron chi connectivity index (χ4n) is 3.75. The monoisotopic (exact) mass is 359 g/mol. The van der Waals surface area contributed by atoms with E-state index in [9.17, 15) is 4.79 Å². The van der Waals surface area contributed by atoms with E-state index in [4.69, 9.17) is 0 Å². The summed E-state index contributed by atoms with van der Waals surface area (Å²) in [5.41, 5.74) is 5.46. The van der Waals surface area contributed by atoms with Gasteiger partial charge in [0.15, 0.2) is 0 Å². The van der Waals surface area contributed by atoms with Gasteiger partial charge in [-0.25, -0.2) is 0 Å². The molecular formula is C23H25N3O. The summed E-state index contributed by atoms with van der Waals surface area (Å²) >= 11 is 0. The van der Waals surface area contributed by atoms with Crippen LogP contribution in [-0.4, -0.2) is 24.0 Å². The van der Waals surface area contributed by atoms with Crippen molar-refractivity contribution in [2.45, 2.75) is 27.2 Å². The summed E-state index contributed by atoms with van der Waals surface area (Å²) in [4.78, 5) is 19.8. The Bertz CT molecular complexity index is 994. The number of rotatable bonds is 3. The van der Waals surface area contributed by atoms with Crippen LogP contribution in [0.4, 0.5) is 11.4 Å². The lowest BCUT2D eigenvalue weighted by atomic mass is 10.1. The molecule has 1 aliphatic heterocycles. The van der Waals surface area contributed by atoms with Crippen LogP contribution in [0.1, 0.15) is 35.0 Å². The average Bonchev–Trinajstić information content (AvgIpc) is 3.08. The zero-order valence-corrected chi connectivity index (χ0v) is 16.1. The minimum atomic E-state index is -0.119. The Morgan fingerprint density at radius 1 is 1.11 bits per heavy atom. The van der Waals surface area contributed by atoms with Crippen molar-refractivity contribution in [1.29, 1.82) is 0 Å². The van der Waals surface area contributed by atoms with E-state index in [0.29, 0.717) is 5.56 Å². The molecule has 1 aromatic heterocycles. The minimum absolute atomic E-state index is 0.119. The highest BCUT2D eigenvalue weighted by atomic mass is 16.1. The van der Waals surface area contributed by atoms with Crippen LogP contribution in [0.2, 0.25) is 0 Å². The number of nitrogens with zero attached hydrogens (tertiary/aromatic N) is 2. The molecule has 1 atom stereocenters. The highest BCUT2D eigenvalue weighted by Gasteiger charge is 2.19. The largest absolute Gasteiger partial charge is 0.371 e. The molecule has 2 heterocycles. The molecule has 1 amide bonds. The predicted molar refractivity (Wildman–Crippen MR) is 112 cm³/mol. The van der Waals surface area contributed by atoms with Gasteiger partial charge in [-0.15, -0.1) is 0 Å². The van der Waals surface area contributed by atoms with Crippen molar-refractivity contribution in [2.75, 3.05) is 23.3 Å². The van der Waals surface area contributed by atoms with Gasteiger partial charge in [-0.1, -0.05) is 18.6 Å². The molecule has 1 saturated heterocycles. The number of anilines is 2. The van der Waals surface area contributed by atoms with Crippen molar-refractivity contribution >= 4 is 28.2 Å². The van der Waals surface area contributed by atoms with E-state index in [1.54, 1.807) is 0 Å². The van der Waals surface area contributed by atoms with Crippen molar-refractivity contribution in [3.05, 3.63) is 65.4 Å². The Labute approximate surface area is 160 Å². The number of carbonyl (C=O) groups is 1. The second-order valence-electron chi connectivity index (χ2n) is 7.66. The van der Waals surface area contributed by atoms with E-state index in [2.05, 4.69) is 40.3 Å². The molecule has 4 rings (SSSR count). The third-order valence-corrected chi connectivity index (χ3v) is 5.32. The number of aromatic nitrogens is 1. The summed E-state index contributed by atoms with van der Waals surface area (Å²) in [6.07, 6.45) is 1.24. The zero-order chi connectivity index (χ0) is 19.0. The number of fused-ring (bicyclic) bond motifs is 1. The molecule has 1 unspecified atom stereocenters. The molecule has 0 spiro atoms. The molecule has 3 aromatic rings. The molecule has 0 bridgehead atoms. The Morgan fingerprint density at radius 3 is 2.59 bits per heavy atom. The van der Waals surface area contributed by atoms with Crippen molar-refractivity contribution in [2.24, 2.45) is 5.92 Å². The summed E-state index contributed by atoms with van der Waals surface area (Å²) in [7, 11) is 0. The number of hydrogen-bond acceptors (Lipinski definition) is 3. The molecule has 1 N–H and O–H groups in total. The zero-order valence-electron chi connectivity index (χ0n) is 16.1. The van der Waals surface area contributed by atoms with E-state index < -0.39 is 0 Å². The van der Waals surface area contributed by atoms with Gasteiger partial charge in [-0.05, 0) is 68.7 Å². The van der Waals surface area contributed by atoms with Gasteiger partial charge in [0.05, 0.1) is 16.8 Å². The van der Waals surface area contributed by atoms with Crippen LogP contribution in [0.5, 0.6) is 0 Å². The lowest BCUT2D eigenvalue weighted by Crippen LogP contribution is -2.19. The van der Waals surface area contributed by atoms with Crippen LogP contribution >= 0.6 is 0 Å². The second-order valence-corrected chi connectivity index (χ2v) is 7.66. The van der Waals surface area contributed by atoms with Crippen LogP contribution in [0.25, 0.3) is 10.9 Å². The summed E-state index contributed by atoms with van der Waals surface area (Å²) in [6.45, 7) is 8.42. The van der Waals surface area contributed by atoms with Gasteiger partial charge in [0.1, 0.15) is 0 Å². The van der Waals surface area contributed by atoms with Crippen molar-refractivity contribution in [1.82, 2.24) is 4.98 Å². The lowest BCUT2D eigenvalue weighted by Gasteiger charge is -2.18. The fraction of sp³-hybridized carbons (Fsp3) is 0.304. The fourth-order valence-corrected chi connectivity index (χ4v) is 3.75. The predicted octanol–water partition coefficient (Wildman–Crippen LogP) is 4.95. The van der Waals surface area contributed by atoms with Crippen LogP contribution in [-0.2, 0) is 0 Å². The summed E-state index contributed by atoms with van der Waals surface area (Å²) < 4.78 is 0. The van der Waals surface area contributed by atoms with Gasteiger partial charge in [0.2, 0.25) is 0 Å². The molecule has 4 heteroatoms. The van der Waals surface area contributed by atoms with Crippen molar-refractivity contribution < 1.29 is 4.79 Å². The number of pyridine rings is 1. The van der Waals surface area contributed by atoms with Gasteiger partial charge >= 0.3 is 0 Å². The molecule has 1 fully saturated rings. The van der Waals surface area contributed by atoms with Crippen LogP contribution in [0, 0.1) is 19.8 Å². The topological polar surface area (TPSA) is 45.2 Å².